The molecule has 6 nitrogen and oxygen atoms in total. The number of sulfone groups is 1. The average Bonchev–Trinajstić information content (AvgIpc) is 2.40. The van der Waals surface area contributed by atoms with Crippen LogP contribution in [0.5, 0.6) is 11.5 Å². The largest absolute Gasteiger partial charge is 0.490 e. The first-order valence-corrected chi connectivity index (χ1v) is 7.89. The zero-order valence-electron chi connectivity index (χ0n) is 11.4. The molecule has 0 amide bonds. The molecule has 0 aromatic heterocycles. The predicted octanol–water partition coefficient (Wildman–Crippen LogP) is 1.35. The van der Waals surface area contributed by atoms with E-state index in [9.17, 15) is 13.2 Å². The molecule has 1 aromatic carbocycles. The van der Waals surface area contributed by atoms with Crippen LogP contribution in [0, 0.1) is 0 Å². The van der Waals surface area contributed by atoms with Gasteiger partial charge in [-0.25, -0.2) is 8.42 Å². The van der Waals surface area contributed by atoms with E-state index < -0.39 is 21.1 Å². The molecule has 20 heavy (non-hydrogen) atoms. The highest BCUT2D eigenvalue weighted by molar-refractivity contribution is 7.92. The molecule has 1 atom stereocenters. The molecule has 0 fully saturated rings. The maximum absolute atomic E-state index is 11.7. The number of rotatable bonds is 8. The highest BCUT2D eigenvalue weighted by atomic mass is 32.2. The summed E-state index contributed by atoms with van der Waals surface area (Å²) < 4.78 is 34.1. The Morgan fingerprint density at radius 1 is 1.25 bits per heavy atom. The molecule has 112 valence electrons. The van der Waals surface area contributed by atoms with Gasteiger partial charge in [-0.15, -0.1) is 0 Å². The van der Waals surface area contributed by atoms with Crippen LogP contribution >= 0.6 is 0 Å². The van der Waals surface area contributed by atoms with Crippen LogP contribution in [0.4, 0.5) is 0 Å². The third-order valence-electron chi connectivity index (χ3n) is 2.66. The van der Waals surface area contributed by atoms with E-state index >= 15 is 0 Å². The lowest BCUT2D eigenvalue weighted by Gasteiger charge is -2.12. The molecular formula is C13H18O6S. The van der Waals surface area contributed by atoms with Crippen LogP contribution < -0.4 is 9.47 Å². The Hall–Kier alpha value is -1.76. The van der Waals surface area contributed by atoms with Gasteiger partial charge in [-0.2, -0.15) is 0 Å². The van der Waals surface area contributed by atoms with Gasteiger partial charge in [0, 0.05) is 0 Å². The van der Waals surface area contributed by atoms with Gasteiger partial charge in [0.1, 0.15) is 6.61 Å². The number of benzene rings is 1. The summed E-state index contributed by atoms with van der Waals surface area (Å²) in [5.74, 6) is -0.757. The van der Waals surface area contributed by atoms with E-state index in [0.717, 1.165) is 6.92 Å². The number of hydrogen-bond acceptors (Lipinski definition) is 5. The molecular weight excluding hydrogens is 284 g/mol. The number of hydrogen-bond donors (Lipinski definition) is 1. The average molecular weight is 302 g/mol. The van der Waals surface area contributed by atoms with E-state index in [-0.39, 0.29) is 12.4 Å². The van der Waals surface area contributed by atoms with E-state index in [0.29, 0.717) is 18.1 Å². The van der Waals surface area contributed by atoms with Crippen LogP contribution in [0.2, 0.25) is 0 Å². The molecule has 1 aromatic rings. The third kappa shape index (κ3) is 4.41. The lowest BCUT2D eigenvalue weighted by Crippen LogP contribution is -2.31. The summed E-state index contributed by atoms with van der Waals surface area (Å²) in [6.07, 6.45) is 0. The van der Waals surface area contributed by atoms with Gasteiger partial charge in [-0.1, -0.05) is 12.1 Å². The van der Waals surface area contributed by atoms with Crippen LogP contribution in [0.15, 0.2) is 24.3 Å². The molecule has 7 heteroatoms. The Bertz CT molecular complexity index is 552. The second-order valence-electron chi connectivity index (χ2n) is 4.08. The summed E-state index contributed by atoms with van der Waals surface area (Å²) in [5.41, 5.74) is 0. The van der Waals surface area contributed by atoms with E-state index in [4.69, 9.17) is 14.6 Å². The molecule has 1 rings (SSSR count). The number of aliphatic carboxylic acids is 1. The molecule has 0 spiro atoms. The fourth-order valence-corrected chi connectivity index (χ4v) is 2.42. The van der Waals surface area contributed by atoms with Crippen LogP contribution in [0.3, 0.4) is 0 Å². The van der Waals surface area contributed by atoms with E-state index in [1.54, 1.807) is 24.3 Å². The zero-order valence-corrected chi connectivity index (χ0v) is 12.2. The minimum absolute atomic E-state index is 0.121. The molecule has 0 saturated heterocycles. The second kappa shape index (κ2) is 7.14. The van der Waals surface area contributed by atoms with Crippen molar-refractivity contribution in [1.82, 2.24) is 0 Å². The van der Waals surface area contributed by atoms with Crippen molar-refractivity contribution in [1.29, 1.82) is 0 Å². The fraction of sp³-hybridized carbons (Fsp3) is 0.462. The van der Waals surface area contributed by atoms with Crippen LogP contribution in [-0.4, -0.2) is 43.7 Å². The van der Waals surface area contributed by atoms with Gasteiger partial charge in [-0.3, -0.25) is 4.79 Å². The molecule has 1 unspecified atom stereocenters. The van der Waals surface area contributed by atoms with Crippen molar-refractivity contribution in [2.75, 3.05) is 19.0 Å². The smallest absolute Gasteiger partial charge is 0.321 e. The summed E-state index contributed by atoms with van der Waals surface area (Å²) in [5, 5.41) is 7.27. The van der Waals surface area contributed by atoms with Crippen molar-refractivity contribution in [3.8, 4) is 11.5 Å². The molecule has 0 saturated carbocycles. The quantitative estimate of drug-likeness (QED) is 0.779. The van der Waals surface area contributed by atoms with E-state index in [1.807, 2.05) is 6.92 Å². The normalized spacial score (nSPS) is 12.7. The van der Waals surface area contributed by atoms with Gasteiger partial charge in [0.25, 0.3) is 0 Å². The molecule has 0 bridgehead atoms. The molecule has 0 aliphatic heterocycles. The fourth-order valence-electron chi connectivity index (χ4n) is 1.44. The Kier molecular flexibility index (Phi) is 5.82. The number of ether oxygens (including phenoxy) is 2. The van der Waals surface area contributed by atoms with Gasteiger partial charge in [0.15, 0.2) is 26.6 Å². The third-order valence-corrected chi connectivity index (χ3v) is 4.68. The maximum atomic E-state index is 11.7. The topological polar surface area (TPSA) is 89.9 Å². The van der Waals surface area contributed by atoms with Crippen molar-refractivity contribution in [3.05, 3.63) is 24.3 Å². The van der Waals surface area contributed by atoms with Gasteiger partial charge < -0.3 is 14.6 Å². The van der Waals surface area contributed by atoms with Crippen molar-refractivity contribution in [2.24, 2.45) is 0 Å². The highest BCUT2D eigenvalue weighted by Gasteiger charge is 2.27. The van der Waals surface area contributed by atoms with Crippen molar-refractivity contribution in [3.63, 3.8) is 0 Å². The van der Waals surface area contributed by atoms with Crippen molar-refractivity contribution in [2.45, 2.75) is 19.1 Å². The maximum Gasteiger partial charge on any atom is 0.321 e. The lowest BCUT2D eigenvalue weighted by molar-refractivity contribution is -0.136. The first-order chi connectivity index (χ1) is 9.38. The van der Waals surface area contributed by atoms with Gasteiger partial charge in [-0.05, 0) is 26.0 Å². The minimum atomic E-state index is -3.72. The Morgan fingerprint density at radius 2 is 1.80 bits per heavy atom. The number of carboxylic acid groups (broad SMARTS) is 1. The summed E-state index contributed by atoms with van der Waals surface area (Å²) in [6, 6.07) is 6.90. The lowest BCUT2D eigenvalue weighted by atomic mass is 10.3. The summed E-state index contributed by atoms with van der Waals surface area (Å²) in [7, 11) is -3.72. The van der Waals surface area contributed by atoms with Crippen LogP contribution in [0.1, 0.15) is 13.8 Å². The van der Waals surface area contributed by atoms with E-state index in [1.165, 1.54) is 0 Å². The first kappa shape index (κ1) is 16.3. The van der Waals surface area contributed by atoms with E-state index in [2.05, 4.69) is 0 Å². The number of carboxylic acids is 1. The second-order valence-corrected chi connectivity index (χ2v) is 6.52. The first-order valence-electron chi connectivity index (χ1n) is 6.17. The molecule has 0 aliphatic carbocycles. The molecule has 0 aliphatic rings. The highest BCUT2D eigenvalue weighted by Crippen LogP contribution is 2.26. The SMILES string of the molecule is CCOc1ccccc1OCCS(=O)(=O)C(C)C(=O)O. The van der Waals surface area contributed by atoms with Crippen molar-refractivity contribution >= 4 is 15.8 Å². The van der Waals surface area contributed by atoms with Gasteiger partial charge in [0.05, 0.1) is 12.4 Å². The standard InChI is InChI=1S/C13H18O6S/c1-3-18-11-6-4-5-7-12(11)19-8-9-20(16,17)10(2)13(14)15/h4-7,10H,3,8-9H2,1-2H3,(H,14,15). The van der Waals surface area contributed by atoms with Crippen LogP contribution in [0.25, 0.3) is 0 Å². The zero-order chi connectivity index (χ0) is 15.2. The summed E-state index contributed by atoms with van der Waals surface area (Å²) >= 11 is 0. The molecule has 0 radical (unpaired) electrons. The molecule has 0 heterocycles. The van der Waals surface area contributed by atoms with Gasteiger partial charge >= 0.3 is 5.97 Å². The van der Waals surface area contributed by atoms with Gasteiger partial charge in [0.2, 0.25) is 0 Å². The Morgan fingerprint density at radius 3 is 2.30 bits per heavy atom. The number of para-hydroxylation sites is 2. The Balaban J connectivity index is 2.63. The molecule has 1 N–H and O–H groups in total. The summed E-state index contributed by atoms with van der Waals surface area (Å²) in [6.45, 7) is 3.32. The van der Waals surface area contributed by atoms with Crippen LogP contribution in [-0.2, 0) is 14.6 Å². The minimum Gasteiger partial charge on any atom is -0.490 e. The number of carbonyl (C=O) groups is 1. The summed E-state index contributed by atoms with van der Waals surface area (Å²) in [4.78, 5) is 10.7. The monoisotopic (exact) mass is 302 g/mol. The Labute approximate surface area is 118 Å². The predicted molar refractivity (Wildman–Crippen MR) is 74.0 cm³/mol. The van der Waals surface area contributed by atoms with Crippen molar-refractivity contribution < 1.29 is 27.8 Å².